The molecule has 0 fully saturated rings. The lowest BCUT2D eigenvalue weighted by molar-refractivity contribution is 0.318. The van der Waals surface area contributed by atoms with E-state index in [4.69, 9.17) is 9.15 Å². The minimum atomic E-state index is 0.0409. The molecule has 0 atom stereocenters. The Morgan fingerprint density at radius 3 is 2.60 bits per heavy atom. The predicted octanol–water partition coefficient (Wildman–Crippen LogP) is 5.27. The molecule has 0 spiro atoms. The summed E-state index contributed by atoms with van der Waals surface area (Å²) >= 11 is 0. The van der Waals surface area contributed by atoms with E-state index in [1.165, 1.54) is 0 Å². The van der Waals surface area contributed by atoms with Gasteiger partial charge in [0.1, 0.15) is 5.52 Å². The van der Waals surface area contributed by atoms with Gasteiger partial charge in [0.2, 0.25) is 5.89 Å². The SMILES string of the molecule is CCOc1cccc(-c2nc3cc(-c4ccccc4)ccc3o2)c1O. The second kappa shape index (κ2) is 6.32. The van der Waals surface area contributed by atoms with Gasteiger partial charge in [-0.25, -0.2) is 4.98 Å². The van der Waals surface area contributed by atoms with Crippen LogP contribution in [0.4, 0.5) is 0 Å². The van der Waals surface area contributed by atoms with Crippen molar-refractivity contribution in [2.24, 2.45) is 0 Å². The number of nitrogens with zero attached hydrogens (tertiary/aromatic N) is 1. The number of aromatic hydroxyl groups is 1. The summed E-state index contributed by atoms with van der Waals surface area (Å²) in [5, 5.41) is 10.4. The van der Waals surface area contributed by atoms with Crippen LogP contribution in [0.2, 0.25) is 0 Å². The van der Waals surface area contributed by atoms with Gasteiger partial charge in [0.15, 0.2) is 17.1 Å². The maximum Gasteiger partial charge on any atom is 0.231 e. The summed E-state index contributed by atoms with van der Waals surface area (Å²) in [4.78, 5) is 4.55. The molecule has 1 N–H and O–H groups in total. The molecule has 4 nitrogen and oxygen atoms in total. The lowest BCUT2D eigenvalue weighted by atomic mass is 10.1. The Hall–Kier alpha value is -3.27. The number of ether oxygens (including phenoxy) is 1. The summed E-state index contributed by atoms with van der Waals surface area (Å²) in [5.74, 6) is 0.839. The van der Waals surface area contributed by atoms with Crippen LogP contribution in [0.15, 0.2) is 71.1 Å². The van der Waals surface area contributed by atoms with Crippen molar-refractivity contribution < 1.29 is 14.3 Å². The van der Waals surface area contributed by atoms with Gasteiger partial charge in [-0.05, 0) is 42.3 Å². The molecule has 124 valence electrons. The van der Waals surface area contributed by atoms with Crippen molar-refractivity contribution in [3.63, 3.8) is 0 Å². The molecule has 25 heavy (non-hydrogen) atoms. The Morgan fingerprint density at radius 2 is 1.80 bits per heavy atom. The molecule has 0 saturated carbocycles. The second-order valence-electron chi connectivity index (χ2n) is 5.65. The summed E-state index contributed by atoms with van der Waals surface area (Å²) in [6.45, 7) is 2.35. The number of para-hydroxylation sites is 1. The Bertz CT molecular complexity index is 1020. The summed E-state index contributed by atoms with van der Waals surface area (Å²) in [7, 11) is 0. The number of rotatable bonds is 4. The molecule has 4 rings (SSSR count). The zero-order valence-corrected chi connectivity index (χ0v) is 13.8. The Kier molecular flexibility index (Phi) is 3.86. The van der Waals surface area contributed by atoms with Gasteiger partial charge in [0, 0.05) is 0 Å². The molecular weight excluding hydrogens is 314 g/mol. The molecule has 0 saturated heterocycles. The van der Waals surface area contributed by atoms with Crippen molar-refractivity contribution in [3.05, 3.63) is 66.7 Å². The lowest BCUT2D eigenvalue weighted by Gasteiger charge is -2.07. The number of fused-ring (bicyclic) bond motifs is 1. The van der Waals surface area contributed by atoms with Crippen LogP contribution in [0.3, 0.4) is 0 Å². The second-order valence-corrected chi connectivity index (χ2v) is 5.65. The molecule has 0 aliphatic rings. The quantitative estimate of drug-likeness (QED) is 0.554. The fraction of sp³-hybridized carbons (Fsp3) is 0.0952. The average Bonchev–Trinajstić information content (AvgIpc) is 3.07. The molecule has 0 bridgehead atoms. The minimum absolute atomic E-state index is 0.0409. The molecule has 0 radical (unpaired) electrons. The molecule has 0 aliphatic carbocycles. The van der Waals surface area contributed by atoms with Gasteiger partial charge in [0.05, 0.1) is 12.2 Å². The van der Waals surface area contributed by atoms with E-state index in [9.17, 15) is 5.11 Å². The van der Waals surface area contributed by atoms with E-state index in [1.807, 2.05) is 49.4 Å². The highest BCUT2D eigenvalue weighted by atomic mass is 16.5. The highest BCUT2D eigenvalue weighted by molar-refractivity contribution is 5.83. The molecular formula is C21H17NO3. The zero-order chi connectivity index (χ0) is 17.2. The van der Waals surface area contributed by atoms with Crippen molar-refractivity contribution in [1.82, 2.24) is 4.98 Å². The van der Waals surface area contributed by atoms with Crippen molar-refractivity contribution in [1.29, 1.82) is 0 Å². The van der Waals surface area contributed by atoms with Crippen LogP contribution >= 0.6 is 0 Å². The summed E-state index contributed by atoms with van der Waals surface area (Å²) in [5.41, 5.74) is 4.13. The zero-order valence-electron chi connectivity index (χ0n) is 13.8. The Balaban J connectivity index is 1.79. The molecule has 4 heteroatoms. The van der Waals surface area contributed by atoms with Gasteiger partial charge in [-0.2, -0.15) is 0 Å². The normalized spacial score (nSPS) is 10.9. The molecule has 4 aromatic rings. The topological polar surface area (TPSA) is 55.5 Å². The molecule has 1 aromatic heterocycles. The summed E-state index contributed by atoms with van der Waals surface area (Å²) in [6, 6.07) is 21.3. The fourth-order valence-electron chi connectivity index (χ4n) is 2.82. The third-order valence-corrected chi connectivity index (χ3v) is 4.02. The van der Waals surface area contributed by atoms with Crippen LogP contribution in [-0.4, -0.2) is 16.7 Å². The van der Waals surface area contributed by atoms with E-state index in [2.05, 4.69) is 17.1 Å². The standard InChI is InChI=1S/C21H17NO3/c1-2-24-19-10-6-9-16(20(19)23)21-22-17-13-15(11-12-18(17)25-21)14-7-4-3-5-8-14/h3-13,23H,2H2,1H3. The van der Waals surface area contributed by atoms with Gasteiger partial charge in [-0.15, -0.1) is 0 Å². The molecule has 0 aliphatic heterocycles. The minimum Gasteiger partial charge on any atom is -0.504 e. The maximum absolute atomic E-state index is 10.4. The monoisotopic (exact) mass is 331 g/mol. The van der Waals surface area contributed by atoms with E-state index in [0.717, 1.165) is 16.6 Å². The Labute approximate surface area is 145 Å². The highest BCUT2D eigenvalue weighted by Gasteiger charge is 2.16. The van der Waals surface area contributed by atoms with Crippen LogP contribution in [0.5, 0.6) is 11.5 Å². The van der Waals surface area contributed by atoms with E-state index < -0.39 is 0 Å². The van der Waals surface area contributed by atoms with Gasteiger partial charge in [-0.1, -0.05) is 42.5 Å². The first-order chi connectivity index (χ1) is 12.3. The first kappa shape index (κ1) is 15.3. The van der Waals surface area contributed by atoms with Crippen LogP contribution in [0.1, 0.15) is 6.92 Å². The van der Waals surface area contributed by atoms with Gasteiger partial charge in [-0.3, -0.25) is 0 Å². The number of oxazole rings is 1. The van der Waals surface area contributed by atoms with Crippen LogP contribution in [0, 0.1) is 0 Å². The number of hydrogen-bond acceptors (Lipinski definition) is 4. The average molecular weight is 331 g/mol. The number of aromatic nitrogens is 1. The van der Waals surface area contributed by atoms with Crippen molar-refractivity contribution in [3.8, 4) is 34.1 Å². The largest absolute Gasteiger partial charge is 0.504 e. The van der Waals surface area contributed by atoms with Crippen molar-refractivity contribution >= 4 is 11.1 Å². The number of hydrogen-bond donors (Lipinski definition) is 1. The predicted molar refractivity (Wildman–Crippen MR) is 97.7 cm³/mol. The first-order valence-corrected chi connectivity index (χ1v) is 8.17. The maximum atomic E-state index is 10.4. The smallest absolute Gasteiger partial charge is 0.231 e. The van der Waals surface area contributed by atoms with Gasteiger partial charge < -0.3 is 14.3 Å². The molecule has 1 heterocycles. The number of benzene rings is 3. The van der Waals surface area contributed by atoms with Gasteiger partial charge >= 0.3 is 0 Å². The fourth-order valence-corrected chi connectivity index (χ4v) is 2.82. The summed E-state index contributed by atoms with van der Waals surface area (Å²) < 4.78 is 11.3. The van der Waals surface area contributed by atoms with Crippen LogP contribution < -0.4 is 4.74 Å². The summed E-state index contributed by atoms with van der Waals surface area (Å²) in [6.07, 6.45) is 0. The molecule has 3 aromatic carbocycles. The number of phenolic OH excluding ortho intramolecular Hbond substituents is 1. The first-order valence-electron chi connectivity index (χ1n) is 8.17. The van der Waals surface area contributed by atoms with Crippen LogP contribution in [-0.2, 0) is 0 Å². The van der Waals surface area contributed by atoms with E-state index >= 15 is 0 Å². The molecule has 0 unspecified atom stereocenters. The van der Waals surface area contributed by atoms with E-state index in [1.54, 1.807) is 12.1 Å². The van der Waals surface area contributed by atoms with E-state index in [-0.39, 0.29) is 5.75 Å². The van der Waals surface area contributed by atoms with Crippen molar-refractivity contribution in [2.45, 2.75) is 6.92 Å². The van der Waals surface area contributed by atoms with Crippen LogP contribution in [0.25, 0.3) is 33.7 Å². The van der Waals surface area contributed by atoms with Gasteiger partial charge in [0.25, 0.3) is 0 Å². The van der Waals surface area contributed by atoms with E-state index in [0.29, 0.717) is 29.4 Å². The highest BCUT2D eigenvalue weighted by Crippen LogP contribution is 2.38. The van der Waals surface area contributed by atoms with Crippen molar-refractivity contribution in [2.75, 3.05) is 6.61 Å². The molecule has 0 amide bonds. The third-order valence-electron chi connectivity index (χ3n) is 4.02. The Morgan fingerprint density at radius 1 is 0.960 bits per heavy atom. The lowest BCUT2D eigenvalue weighted by Crippen LogP contribution is -1.92. The number of phenols is 1. The third kappa shape index (κ3) is 2.83.